The molecular formula is C12H14N4O5S2. The van der Waals surface area contributed by atoms with Gasteiger partial charge in [0.05, 0.1) is 21.5 Å². The van der Waals surface area contributed by atoms with Crippen molar-refractivity contribution >= 4 is 46.6 Å². The van der Waals surface area contributed by atoms with Gasteiger partial charge in [-0.3, -0.25) is 30.3 Å². The quantitative estimate of drug-likeness (QED) is 0.343. The molecule has 0 bridgehead atoms. The molecule has 11 heteroatoms. The zero-order valence-electron chi connectivity index (χ0n) is 12.3. The third-order valence-electron chi connectivity index (χ3n) is 2.39. The van der Waals surface area contributed by atoms with Gasteiger partial charge in [0, 0.05) is 17.9 Å². The highest BCUT2D eigenvalue weighted by Gasteiger charge is 2.20. The average molecular weight is 358 g/mol. The molecule has 0 fully saturated rings. The fraction of sp³-hybridized carbons (Fsp3) is 0.333. The van der Waals surface area contributed by atoms with Crippen LogP contribution in [0.3, 0.4) is 0 Å². The summed E-state index contributed by atoms with van der Waals surface area (Å²) in [4.78, 5) is 32.0. The topological polar surface area (TPSA) is 127 Å². The third-order valence-corrected chi connectivity index (χ3v) is 3.91. The molecule has 1 rings (SSSR count). The van der Waals surface area contributed by atoms with Crippen LogP contribution in [-0.2, 0) is 0 Å². The van der Waals surface area contributed by atoms with Crippen LogP contribution >= 0.6 is 24.2 Å². The van der Waals surface area contributed by atoms with E-state index in [1.165, 1.54) is 11.9 Å². The van der Waals surface area contributed by atoms with Gasteiger partial charge in [-0.05, 0) is 18.1 Å². The fourth-order valence-electron chi connectivity index (χ4n) is 1.41. The fourth-order valence-corrected chi connectivity index (χ4v) is 2.28. The number of rotatable bonds is 6. The van der Waals surface area contributed by atoms with Gasteiger partial charge >= 0.3 is 0 Å². The van der Waals surface area contributed by atoms with Gasteiger partial charge in [-0.15, -0.1) is 0 Å². The molecule has 124 valence electrons. The molecule has 0 aromatic heterocycles. The Balaban J connectivity index is 2.84. The predicted octanol–water partition coefficient (Wildman–Crippen LogP) is 2.41. The first-order chi connectivity index (χ1) is 10.7. The summed E-state index contributed by atoms with van der Waals surface area (Å²) in [6.45, 7) is 4.02. The Bertz CT molecular complexity index is 618. The molecule has 23 heavy (non-hydrogen) atoms. The maximum atomic E-state index is 12.0. The van der Waals surface area contributed by atoms with Gasteiger partial charge in [0.15, 0.2) is 5.11 Å². The summed E-state index contributed by atoms with van der Waals surface area (Å²) in [5.74, 6) is 0.419. The molecule has 0 radical (unpaired) electrons. The van der Waals surface area contributed by atoms with Gasteiger partial charge in [0.25, 0.3) is 17.3 Å². The molecule has 2 N–H and O–H groups in total. The van der Waals surface area contributed by atoms with Crippen molar-refractivity contribution in [1.29, 1.82) is 0 Å². The monoisotopic (exact) mass is 358 g/mol. The van der Waals surface area contributed by atoms with Gasteiger partial charge in [-0.1, -0.05) is 25.8 Å². The van der Waals surface area contributed by atoms with Crippen molar-refractivity contribution in [3.63, 3.8) is 0 Å². The van der Waals surface area contributed by atoms with Gasteiger partial charge in [0.2, 0.25) is 0 Å². The van der Waals surface area contributed by atoms with Crippen molar-refractivity contribution in [2.24, 2.45) is 5.92 Å². The number of nitro groups is 2. The molecule has 0 spiro atoms. The molecule has 0 aliphatic carbocycles. The third kappa shape index (κ3) is 6.16. The normalized spacial score (nSPS) is 10.2. The summed E-state index contributed by atoms with van der Waals surface area (Å²) < 4.78 is 2.74. The molecule has 0 saturated heterocycles. The number of carbonyl (C=O) groups is 1. The van der Waals surface area contributed by atoms with Crippen molar-refractivity contribution < 1.29 is 14.6 Å². The molecule has 1 aromatic carbocycles. The lowest BCUT2D eigenvalue weighted by molar-refractivity contribution is -0.394. The molecule has 1 aromatic rings. The van der Waals surface area contributed by atoms with E-state index in [-0.39, 0.29) is 10.7 Å². The van der Waals surface area contributed by atoms with Crippen molar-refractivity contribution in [2.75, 3.05) is 5.75 Å². The van der Waals surface area contributed by atoms with E-state index in [1.807, 2.05) is 13.8 Å². The Labute approximate surface area is 141 Å². The van der Waals surface area contributed by atoms with Crippen LogP contribution in [0.4, 0.5) is 11.4 Å². The average Bonchev–Trinajstić information content (AvgIpc) is 2.46. The minimum Gasteiger partial charge on any atom is -0.307 e. The number of nitrogens with one attached hydrogen (secondary N) is 2. The van der Waals surface area contributed by atoms with Crippen LogP contribution in [-0.4, -0.2) is 26.6 Å². The van der Waals surface area contributed by atoms with E-state index in [0.29, 0.717) is 5.92 Å². The highest BCUT2D eigenvalue weighted by Crippen LogP contribution is 2.22. The van der Waals surface area contributed by atoms with Crippen LogP contribution in [0.1, 0.15) is 24.2 Å². The summed E-state index contributed by atoms with van der Waals surface area (Å²) in [6.07, 6.45) is 0. The number of nitrogens with zero attached hydrogens (tertiary/aromatic N) is 2. The standard InChI is InChI=1S/C12H14N4O5S2/c1-7(2)6-23-14-12(22)13-11(17)8-3-9(15(18)19)5-10(4-8)16(20)21/h3-5,7H,6H2,1-2H3,(H2,13,14,17,22). The van der Waals surface area contributed by atoms with E-state index < -0.39 is 27.1 Å². The Hall–Kier alpha value is -2.27. The van der Waals surface area contributed by atoms with E-state index in [1.54, 1.807) is 0 Å². The zero-order valence-corrected chi connectivity index (χ0v) is 13.9. The Morgan fingerprint density at radius 3 is 2.17 bits per heavy atom. The van der Waals surface area contributed by atoms with Crippen molar-refractivity contribution in [3.05, 3.63) is 44.0 Å². The van der Waals surface area contributed by atoms with E-state index in [2.05, 4.69) is 10.0 Å². The number of nitro benzene ring substituents is 2. The van der Waals surface area contributed by atoms with Gasteiger partial charge in [-0.2, -0.15) is 0 Å². The van der Waals surface area contributed by atoms with Crippen LogP contribution < -0.4 is 10.0 Å². The second-order valence-electron chi connectivity index (χ2n) is 4.84. The van der Waals surface area contributed by atoms with Gasteiger partial charge in [0.1, 0.15) is 0 Å². The minimum atomic E-state index is -0.807. The van der Waals surface area contributed by atoms with E-state index in [9.17, 15) is 25.0 Å². The Kier molecular flexibility index (Phi) is 6.85. The highest BCUT2D eigenvalue weighted by atomic mass is 32.2. The van der Waals surface area contributed by atoms with E-state index in [4.69, 9.17) is 12.2 Å². The Morgan fingerprint density at radius 2 is 1.74 bits per heavy atom. The number of carbonyl (C=O) groups excluding carboxylic acids is 1. The molecule has 0 saturated carbocycles. The van der Waals surface area contributed by atoms with E-state index >= 15 is 0 Å². The zero-order chi connectivity index (χ0) is 17.6. The number of hydrogen-bond donors (Lipinski definition) is 2. The maximum absolute atomic E-state index is 12.0. The Morgan fingerprint density at radius 1 is 1.22 bits per heavy atom. The number of non-ortho nitro benzene ring substituents is 2. The molecule has 1 amide bonds. The molecule has 0 aliphatic rings. The van der Waals surface area contributed by atoms with E-state index in [0.717, 1.165) is 24.0 Å². The van der Waals surface area contributed by atoms with Crippen molar-refractivity contribution in [1.82, 2.24) is 10.0 Å². The molecule has 0 aliphatic heterocycles. The van der Waals surface area contributed by atoms with Gasteiger partial charge < -0.3 is 4.72 Å². The van der Waals surface area contributed by atoms with Gasteiger partial charge in [-0.25, -0.2) is 0 Å². The molecule has 0 unspecified atom stereocenters. The van der Waals surface area contributed by atoms with Crippen LogP contribution in [0.15, 0.2) is 18.2 Å². The lowest BCUT2D eigenvalue weighted by Gasteiger charge is -2.09. The predicted molar refractivity (Wildman–Crippen MR) is 90.2 cm³/mol. The van der Waals surface area contributed by atoms with Crippen molar-refractivity contribution in [2.45, 2.75) is 13.8 Å². The SMILES string of the molecule is CC(C)CSNC(=S)NC(=O)c1cc([N+](=O)[O-])cc([N+](=O)[O-])c1. The second kappa shape index (κ2) is 8.39. The van der Waals surface area contributed by atoms with Crippen molar-refractivity contribution in [3.8, 4) is 0 Å². The number of amides is 1. The number of thiocarbonyl (C=S) groups is 1. The second-order valence-corrected chi connectivity index (χ2v) is 6.08. The number of hydrogen-bond acceptors (Lipinski definition) is 7. The first-order valence-electron chi connectivity index (χ1n) is 6.37. The molecular weight excluding hydrogens is 344 g/mol. The van der Waals surface area contributed by atoms with Crippen LogP contribution in [0.2, 0.25) is 0 Å². The molecule has 9 nitrogen and oxygen atoms in total. The summed E-state index contributed by atoms with van der Waals surface area (Å²) in [5.41, 5.74) is -1.31. The largest absolute Gasteiger partial charge is 0.307 e. The first kappa shape index (κ1) is 18.8. The lowest BCUT2D eigenvalue weighted by atomic mass is 10.1. The van der Waals surface area contributed by atoms with Crippen LogP contribution in [0.5, 0.6) is 0 Å². The number of benzene rings is 1. The molecule has 0 heterocycles. The maximum Gasteiger partial charge on any atom is 0.277 e. The van der Waals surface area contributed by atoms with Crippen LogP contribution in [0, 0.1) is 26.1 Å². The summed E-state index contributed by atoms with van der Waals surface area (Å²) in [7, 11) is 0. The lowest BCUT2D eigenvalue weighted by Crippen LogP contribution is -2.36. The minimum absolute atomic E-state index is 0.0230. The summed E-state index contributed by atoms with van der Waals surface area (Å²) >= 11 is 6.22. The van der Waals surface area contributed by atoms with Crippen LogP contribution in [0.25, 0.3) is 0 Å². The highest BCUT2D eigenvalue weighted by molar-refractivity contribution is 7.98. The molecule has 0 atom stereocenters. The summed E-state index contributed by atoms with van der Waals surface area (Å²) in [6, 6.07) is 2.68. The smallest absolute Gasteiger partial charge is 0.277 e. The summed E-state index contributed by atoms with van der Waals surface area (Å²) in [5, 5.41) is 23.9. The first-order valence-corrected chi connectivity index (χ1v) is 7.77.